The number of aryl methyl sites for hydroxylation is 1. The molecule has 2 N–H and O–H groups in total. The van der Waals surface area contributed by atoms with Crippen molar-refractivity contribution in [3.8, 4) is 0 Å². The van der Waals surface area contributed by atoms with E-state index in [0.29, 0.717) is 5.56 Å². The standard InChI is InChI=1S/C12H16N2O3.C4H10.C3H8/c1-7-5-11(14(16)17)10(13)6-9(7)12(3,4)8(2)15;1-3-4-2;1-3-2/h5-6H,13H2,1-4H3;3-4H2,1-2H3;3H2,1-2H3. The number of anilines is 1. The van der Waals surface area contributed by atoms with Gasteiger partial charge in [-0.3, -0.25) is 14.9 Å². The summed E-state index contributed by atoms with van der Waals surface area (Å²) in [5.74, 6) is -0.00569. The summed E-state index contributed by atoms with van der Waals surface area (Å²) in [5, 5.41) is 10.7. The number of nitrogen functional groups attached to an aromatic ring is 1. The molecule has 0 aliphatic carbocycles. The van der Waals surface area contributed by atoms with E-state index in [0.717, 1.165) is 5.56 Å². The Morgan fingerprint density at radius 3 is 1.88 bits per heavy atom. The van der Waals surface area contributed by atoms with Crippen LogP contribution >= 0.6 is 0 Å². The monoisotopic (exact) mass is 338 g/mol. The number of carbonyl (C=O) groups is 1. The summed E-state index contributed by atoms with van der Waals surface area (Å²) in [4.78, 5) is 21.8. The number of ketones is 1. The van der Waals surface area contributed by atoms with Crippen LogP contribution in [0.25, 0.3) is 0 Å². The quantitative estimate of drug-likeness (QED) is 0.441. The van der Waals surface area contributed by atoms with Crippen LogP contribution in [0, 0.1) is 17.0 Å². The number of nitro benzene ring substituents is 1. The maximum absolute atomic E-state index is 11.6. The molecule has 0 aromatic heterocycles. The number of Topliss-reactive ketones (excluding diaryl/α,β-unsaturated/α-hetero) is 1. The molecule has 0 heterocycles. The van der Waals surface area contributed by atoms with Crippen LogP contribution in [0.15, 0.2) is 12.1 Å². The molecule has 0 unspecified atom stereocenters. The molecule has 0 aliphatic heterocycles. The lowest BCUT2D eigenvalue weighted by Crippen LogP contribution is -2.27. The van der Waals surface area contributed by atoms with E-state index in [1.54, 1.807) is 20.8 Å². The Morgan fingerprint density at radius 2 is 1.58 bits per heavy atom. The number of nitrogens with two attached hydrogens (primary N) is 1. The zero-order chi connectivity index (χ0) is 19.5. The number of unbranched alkanes of at least 4 members (excludes halogenated alkanes) is 1. The number of rotatable bonds is 4. The van der Waals surface area contributed by atoms with E-state index in [4.69, 9.17) is 5.73 Å². The van der Waals surface area contributed by atoms with E-state index < -0.39 is 10.3 Å². The van der Waals surface area contributed by atoms with Gasteiger partial charge in [0.25, 0.3) is 5.69 Å². The molecule has 0 amide bonds. The molecule has 1 aromatic rings. The number of carbonyl (C=O) groups excluding carboxylic acids is 1. The number of nitrogens with zero attached hydrogens (tertiary/aromatic N) is 1. The van der Waals surface area contributed by atoms with Crippen molar-refractivity contribution in [3.05, 3.63) is 33.4 Å². The fourth-order valence-corrected chi connectivity index (χ4v) is 1.73. The highest BCUT2D eigenvalue weighted by atomic mass is 16.6. The van der Waals surface area contributed by atoms with Gasteiger partial charge < -0.3 is 5.73 Å². The SMILES string of the molecule is CC(=O)C(C)(C)c1cc(N)c([N+](=O)[O-])cc1C.CCC.CCCC. The molecule has 0 fully saturated rings. The zero-order valence-electron chi connectivity index (χ0n) is 16.5. The average molecular weight is 338 g/mol. The number of hydrogen-bond acceptors (Lipinski definition) is 4. The maximum atomic E-state index is 11.6. The van der Waals surface area contributed by atoms with Crippen LogP contribution in [0.2, 0.25) is 0 Å². The highest BCUT2D eigenvalue weighted by Crippen LogP contribution is 2.33. The van der Waals surface area contributed by atoms with Crippen molar-refractivity contribution in [1.82, 2.24) is 0 Å². The van der Waals surface area contributed by atoms with Crippen LogP contribution in [-0.4, -0.2) is 10.7 Å². The summed E-state index contributed by atoms with van der Waals surface area (Å²) < 4.78 is 0. The van der Waals surface area contributed by atoms with Crippen LogP contribution < -0.4 is 5.73 Å². The predicted molar refractivity (Wildman–Crippen MR) is 102 cm³/mol. The number of benzene rings is 1. The third kappa shape index (κ3) is 7.57. The maximum Gasteiger partial charge on any atom is 0.292 e. The van der Waals surface area contributed by atoms with Gasteiger partial charge in [-0.25, -0.2) is 0 Å². The summed E-state index contributed by atoms with van der Waals surface area (Å²) in [7, 11) is 0. The van der Waals surface area contributed by atoms with Crippen LogP contribution in [0.5, 0.6) is 0 Å². The fraction of sp³-hybridized carbons (Fsp3) is 0.632. The Morgan fingerprint density at radius 1 is 1.17 bits per heavy atom. The molecule has 0 spiro atoms. The van der Waals surface area contributed by atoms with Crippen molar-refractivity contribution in [3.63, 3.8) is 0 Å². The first-order valence-corrected chi connectivity index (χ1v) is 8.56. The molecule has 1 rings (SSSR count). The van der Waals surface area contributed by atoms with E-state index in [1.807, 2.05) is 0 Å². The number of hydrogen-bond donors (Lipinski definition) is 1. The Balaban J connectivity index is 0. The van der Waals surface area contributed by atoms with Gasteiger partial charge in [0.05, 0.1) is 4.92 Å². The Bertz CT molecular complexity index is 536. The van der Waals surface area contributed by atoms with Crippen molar-refractivity contribution in [2.45, 2.75) is 80.1 Å². The summed E-state index contributed by atoms with van der Waals surface area (Å²) in [6, 6.07) is 2.93. The van der Waals surface area contributed by atoms with Gasteiger partial charge >= 0.3 is 0 Å². The second kappa shape index (κ2) is 11.6. The van der Waals surface area contributed by atoms with Gasteiger partial charge in [-0.15, -0.1) is 0 Å². The third-order valence-electron chi connectivity index (χ3n) is 3.62. The van der Waals surface area contributed by atoms with Crippen LogP contribution in [0.4, 0.5) is 11.4 Å². The first-order chi connectivity index (χ1) is 11.0. The van der Waals surface area contributed by atoms with E-state index in [-0.39, 0.29) is 17.2 Å². The normalized spacial score (nSPS) is 10.0. The summed E-state index contributed by atoms with van der Waals surface area (Å²) in [6.45, 7) is 15.4. The molecule has 0 saturated carbocycles. The van der Waals surface area contributed by atoms with Crippen LogP contribution in [-0.2, 0) is 10.2 Å². The van der Waals surface area contributed by atoms with E-state index in [2.05, 4.69) is 27.7 Å². The Hall–Kier alpha value is -1.91. The average Bonchev–Trinajstić information content (AvgIpc) is 2.49. The van der Waals surface area contributed by atoms with Gasteiger partial charge in [-0.2, -0.15) is 0 Å². The molecule has 0 bridgehead atoms. The second-order valence-corrected chi connectivity index (χ2v) is 6.37. The molecule has 0 atom stereocenters. The molecule has 24 heavy (non-hydrogen) atoms. The highest BCUT2D eigenvalue weighted by molar-refractivity contribution is 5.88. The molecule has 138 valence electrons. The molecule has 0 radical (unpaired) electrons. The summed E-state index contributed by atoms with van der Waals surface area (Å²) in [5.41, 5.74) is 6.35. The second-order valence-electron chi connectivity index (χ2n) is 6.37. The highest BCUT2D eigenvalue weighted by Gasteiger charge is 2.29. The van der Waals surface area contributed by atoms with Gasteiger partial charge in [-0.1, -0.05) is 47.0 Å². The smallest absolute Gasteiger partial charge is 0.292 e. The van der Waals surface area contributed by atoms with Gasteiger partial charge in [0.15, 0.2) is 0 Å². The topological polar surface area (TPSA) is 86.2 Å². The first-order valence-electron chi connectivity index (χ1n) is 8.56. The third-order valence-corrected chi connectivity index (χ3v) is 3.62. The van der Waals surface area contributed by atoms with E-state index >= 15 is 0 Å². The zero-order valence-corrected chi connectivity index (χ0v) is 16.5. The van der Waals surface area contributed by atoms with E-state index in [9.17, 15) is 14.9 Å². The van der Waals surface area contributed by atoms with Crippen LogP contribution in [0.3, 0.4) is 0 Å². The van der Waals surface area contributed by atoms with Gasteiger partial charge in [0, 0.05) is 11.5 Å². The van der Waals surface area contributed by atoms with E-state index in [1.165, 1.54) is 38.3 Å². The van der Waals surface area contributed by atoms with Crippen molar-refractivity contribution in [2.24, 2.45) is 0 Å². The minimum Gasteiger partial charge on any atom is -0.393 e. The lowest BCUT2D eigenvalue weighted by molar-refractivity contribution is -0.384. The van der Waals surface area contributed by atoms with Crippen LogP contribution in [0.1, 0.15) is 78.9 Å². The van der Waals surface area contributed by atoms with Gasteiger partial charge in [-0.05, 0) is 44.9 Å². The molecular weight excluding hydrogens is 304 g/mol. The van der Waals surface area contributed by atoms with Gasteiger partial charge in [0.1, 0.15) is 11.5 Å². The predicted octanol–water partition coefficient (Wildman–Crippen LogP) is 5.57. The summed E-state index contributed by atoms with van der Waals surface area (Å²) in [6.07, 6.45) is 3.89. The lowest BCUT2D eigenvalue weighted by atomic mass is 9.78. The molecule has 1 aromatic carbocycles. The molecular formula is C19H34N2O3. The molecule has 0 aliphatic rings. The first kappa shape index (κ1) is 24.3. The van der Waals surface area contributed by atoms with Gasteiger partial charge in [0.2, 0.25) is 0 Å². The number of nitro groups is 1. The van der Waals surface area contributed by atoms with Crippen molar-refractivity contribution >= 4 is 17.2 Å². The largest absolute Gasteiger partial charge is 0.393 e. The van der Waals surface area contributed by atoms with Crippen molar-refractivity contribution < 1.29 is 9.72 Å². The molecule has 5 nitrogen and oxygen atoms in total. The van der Waals surface area contributed by atoms with Crippen molar-refractivity contribution in [1.29, 1.82) is 0 Å². The molecule has 5 heteroatoms. The fourth-order valence-electron chi connectivity index (χ4n) is 1.73. The Kier molecular flexibility index (Phi) is 11.8. The lowest BCUT2D eigenvalue weighted by Gasteiger charge is -2.24. The van der Waals surface area contributed by atoms with Crippen molar-refractivity contribution in [2.75, 3.05) is 5.73 Å². The Labute approximate surface area is 146 Å². The molecule has 0 saturated heterocycles. The summed E-state index contributed by atoms with van der Waals surface area (Å²) >= 11 is 0. The minimum atomic E-state index is -0.687. The minimum absolute atomic E-state index is 0.00569.